The topological polar surface area (TPSA) is 85.1 Å². The molecule has 1 saturated carbocycles. The van der Waals surface area contributed by atoms with Crippen molar-refractivity contribution in [3.05, 3.63) is 17.3 Å². The number of hydrogen-bond acceptors (Lipinski definition) is 4. The third kappa shape index (κ3) is 3.24. The quantitative estimate of drug-likeness (QED) is 0.896. The zero-order valence-corrected chi connectivity index (χ0v) is 13.2. The lowest BCUT2D eigenvalue weighted by atomic mass is 9.78. The molecule has 7 heteroatoms. The van der Waals surface area contributed by atoms with Crippen molar-refractivity contribution in [3.8, 4) is 0 Å². The molecule has 0 bridgehead atoms. The maximum atomic E-state index is 12.4. The minimum atomic E-state index is -3.61. The van der Waals surface area contributed by atoms with Gasteiger partial charge in [-0.05, 0) is 24.3 Å². The van der Waals surface area contributed by atoms with Gasteiger partial charge in [-0.3, -0.25) is 0 Å². The van der Waals surface area contributed by atoms with Crippen LogP contribution in [-0.4, -0.2) is 19.4 Å². The van der Waals surface area contributed by atoms with Gasteiger partial charge in [0, 0.05) is 12.2 Å². The summed E-state index contributed by atoms with van der Waals surface area (Å²) in [6.07, 6.45) is 4.29. The zero-order chi connectivity index (χ0) is 14.9. The highest BCUT2D eigenvalue weighted by atomic mass is 35.5. The van der Waals surface area contributed by atoms with Crippen LogP contribution in [0.15, 0.2) is 17.2 Å². The molecule has 5 nitrogen and oxygen atoms in total. The van der Waals surface area contributed by atoms with Gasteiger partial charge in [0.15, 0.2) is 0 Å². The fourth-order valence-electron chi connectivity index (χ4n) is 2.59. The summed E-state index contributed by atoms with van der Waals surface area (Å²) < 4.78 is 27.5. The Morgan fingerprint density at radius 3 is 2.75 bits per heavy atom. The van der Waals surface area contributed by atoms with Gasteiger partial charge in [0.1, 0.15) is 10.7 Å². The summed E-state index contributed by atoms with van der Waals surface area (Å²) in [5.74, 6) is 0.964. The van der Waals surface area contributed by atoms with E-state index in [9.17, 15) is 8.42 Å². The summed E-state index contributed by atoms with van der Waals surface area (Å²) in [7, 11) is -3.61. The van der Waals surface area contributed by atoms with Crippen molar-refractivity contribution in [2.75, 3.05) is 5.73 Å². The summed E-state index contributed by atoms with van der Waals surface area (Å²) >= 11 is 5.83. The molecule has 1 heterocycles. The van der Waals surface area contributed by atoms with Gasteiger partial charge in [-0.25, -0.2) is 18.1 Å². The second-order valence-corrected chi connectivity index (χ2v) is 7.65. The number of hydrogen-bond donors (Lipinski definition) is 2. The number of rotatable bonds is 3. The Morgan fingerprint density at radius 1 is 1.40 bits per heavy atom. The molecule has 112 valence electrons. The average Bonchev–Trinajstić information content (AvgIpc) is 2.38. The van der Waals surface area contributed by atoms with E-state index in [0.29, 0.717) is 11.8 Å². The molecule has 1 fully saturated rings. The normalized spacial score (nSPS) is 27.4. The van der Waals surface area contributed by atoms with E-state index in [1.807, 2.05) is 0 Å². The standard InChI is InChI=1S/C13H20ClN3O2S/c1-8-4-3-5-12(9(8)2)17-20(18,19)10-6-11(14)13(15)16-7-10/h6-9,12,17H,3-5H2,1-2H3,(H2,15,16). The van der Waals surface area contributed by atoms with Crippen LogP contribution < -0.4 is 10.5 Å². The molecular formula is C13H20ClN3O2S. The minimum absolute atomic E-state index is 0.0416. The first-order valence-corrected chi connectivity index (χ1v) is 8.60. The van der Waals surface area contributed by atoms with Crippen molar-refractivity contribution in [1.29, 1.82) is 0 Å². The molecule has 0 saturated heterocycles. The summed E-state index contributed by atoms with van der Waals surface area (Å²) in [4.78, 5) is 3.86. The second kappa shape index (κ2) is 5.87. The van der Waals surface area contributed by atoms with Gasteiger partial charge < -0.3 is 5.73 Å². The molecule has 0 aromatic carbocycles. The maximum absolute atomic E-state index is 12.4. The van der Waals surface area contributed by atoms with Gasteiger partial charge in [-0.2, -0.15) is 0 Å². The summed E-state index contributed by atoms with van der Waals surface area (Å²) in [6.45, 7) is 4.25. The first kappa shape index (κ1) is 15.5. The van der Waals surface area contributed by atoms with E-state index in [1.165, 1.54) is 12.3 Å². The number of halogens is 1. The van der Waals surface area contributed by atoms with Gasteiger partial charge in [0.25, 0.3) is 0 Å². The van der Waals surface area contributed by atoms with Gasteiger partial charge in [-0.15, -0.1) is 0 Å². The molecular weight excluding hydrogens is 298 g/mol. The van der Waals surface area contributed by atoms with Crippen molar-refractivity contribution in [3.63, 3.8) is 0 Å². The molecule has 1 aromatic heterocycles. The largest absolute Gasteiger partial charge is 0.382 e. The number of anilines is 1. The molecule has 0 aliphatic heterocycles. The molecule has 1 aromatic rings. The molecule has 1 aliphatic rings. The summed E-state index contributed by atoms with van der Waals surface area (Å²) in [6, 6.07) is 1.29. The summed E-state index contributed by atoms with van der Waals surface area (Å²) in [5.41, 5.74) is 5.50. The predicted molar refractivity (Wildman–Crippen MR) is 79.9 cm³/mol. The number of pyridine rings is 1. The van der Waals surface area contributed by atoms with Crippen molar-refractivity contribution in [1.82, 2.24) is 9.71 Å². The fourth-order valence-corrected chi connectivity index (χ4v) is 4.16. The first-order valence-electron chi connectivity index (χ1n) is 6.74. The van der Waals surface area contributed by atoms with Crippen LogP contribution in [-0.2, 0) is 10.0 Å². The van der Waals surface area contributed by atoms with E-state index in [-0.39, 0.29) is 21.8 Å². The molecule has 2 rings (SSSR count). The molecule has 0 radical (unpaired) electrons. The van der Waals surface area contributed by atoms with Crippen LogP contribution in [0.2, 0.25) is 5.02 Å². The predicted octanol–water partition coefficient (Wildman–Crippen LogP) is 2.42. The Bertz CT molecular complexity index is 591. The Kier molecular flexibility index (Phi) is 4.56. The lowest BCUT2D eigenvalue weighted by molar-refractivity contribution is 0.227. The minimum Gasteiger partial charge on any atom is -0.382 e. The van der Waals surface area contributed by atoms with E-state index < -0.39 is 10.0 Å². The van der Waals surface area contributed by atoms with E-state index in [0.717, 1.165) is 19.3 Å². The number of nitrogen functional groups attached to an aromatic ring is 1. The highest BCUT2D eigenvalue weighted by Gasteiger charge is 2.31. The lowest BCUT2D eigenvalue weighted by Gasteiger charge is -2.34. The van der Waals surface area contributed by atoms with Crippen LogP contribution in [0.1, 0.15) is 33.1 Å². The SMILES string of the molecule is CC1CCCC(NS(=O)(=O)c2cnc(N)c(Cl)c2)C1C. The zero-order valence-electron chi connectivity index (χ0n) is 11.6. The number of nitrogens with one attached hydrogen (secondary N) is 1. The Labute approximate surface area is 125 Å². The van der Waals surface area contributed by atoms with Crippen LogP contribution in [0.5, 0.6) is 0 Å². The van der Waals surface area contributed by atoms with Crippen LogP contribution in [0.25, 0.3) is 0 Å². The van der Waals surface area contributed by atoms with Crippen LogP contribution >= 0.6 is 11.6 Å². The fraction of sp³-hybridized carbons (Fsp3) is 0.615. The van der Waals surface area contributed by atoms with Gasteiger partial charge in [0.2, 0.25) is 10.0 Å². The second-order valence-electron chi connectivity index (χ2n) is 5.53. The van der Waals surface area contributed by atoms with Crippen LogP contribution in [0.4, 0.5) is 5.82 Å². The number of aromatic nitrogens is 1. The highest BCUT2D eigenvalue weighted by Crippen LogP contribution is 2.30. The van der Waals surface area contributed by atoms with Gasteiger partial charge >= 0.3 is 0 Å². The average molecular weight is 318 g/mol. The van der Waals surface area contributed by atoms with Crippen molar-refractivity contribution in [2.45, 2.75) is 44.0 Å². The Morgan fingerprint density at radius 2 is 2.10 bits per heavy atom. The Hall–Kier alpha value is -0.850. The van der Waals surface area contributed by atoms with Gasteiger partial charge in [-0.1, -0.05) is 38.3 Å². The molecule has 3 unspecified atom stereocenters. The van der Waals surface area contributed by atoms with Crippen LogP contribution in [0, 0.1) is 11.8 Å². The number of sulfonamides is 1. The number of nitrogens with zero attached hydrogens (tertiary/aromatic N) is 1. The van der Waals surface area contributed by atoms with E-state index in [2.05, 4.69) is 23.6 Å². The van der Waals surface area contributed by atoms with Crippen molar-refractivity contribution < 1.29 is 8.42 Å². The monoisotopic (exact) mass is 317 g/mol. The number of nitrogens with two attached hydrogens (primary N) is 1. The molecule has 0 amide bonds. The van der Waals surface area contributed by atoms with Crippen molar-refractivity contribution >= 4 is 27.4 Å². The van der Waals surface area contributed by atoms with E-state index in [4.69, 9.17) is 17.3 Å². The first-order chi connectivity index (χ1) is 9.31. The van der Waals surface area contributed by atoms with E-state index >= 15 is 0 Å². The molecule has 3 N–H and O–H groups in total. The van der Waals surface area contributed by atoms with Crippen LogP contribution in [0.3, 0.4) is 0 Å². The van der Waals surface area contributed by atoms with Crippen molar-refractivity contribution in [2.24, 2.45) is 11.8 Å². The molecule has 20 heavy (non-hydrogen) atoms. The molecule has 0 spiro atoms. The van der Waals surface area contributed by atoms with Gasteiger partial charge in [0.05, 0.1) is 5.02 Å². The summed E-state index contributed by atoms with van der Waals surface area (Å²) in [5, 5.41) is 0.151. The lowest BCUT2D eigenvalue weighted by Crippen LogP contribution is -2.43. The highest BCUT2D eigenvalue weighted by molar-refractivity contribution is 7.89. The molecule has 3 atom stereocenters. The third-order valence-electron chi connectivity index (χ3n) is 4.17. The molecule has 1 aliphatic carbocycles. The third-order valence-corrected chi connectivity index (χ3v) is 5.93. The Balaban J connectivity index is 2.20. The van der Waals surface area contributed by atoms with E-state index in [1.54, 1.807) is 0 Å². The maximum Gasteiger partial charge on any atom is 0.242 e. The smallest absolute Gasteiger partial charge is 0.242 e.